The zero-order valence-corrected chi connectivity index (χ0v) is 13.7. The number of thioether (sulfide) groups is 1. The van der Waals surface area contributed by atoms with Crippen LogP contribution in [0.3, 0.4) is 0 Å². The second-order valence-corrected chi connectivity index (χ2v) is 6.54. The van der Waals surface area contributed by atoms with Crippen LogP contribution in [0.25, 0.3) is 0 Å². The highest BCUT2D eigenvalue weighted by molar-refractivity contribution is 7.98. The molecule has 0 bridgehead atoms. The molecule has 0 fully saturated rings. The Morgan fingerprint density at radius 2 is 2.24 bits per heavy atom. The van der Waals surface area contributed by atoms with Crippen LogP contribution in [0, 0.1) is 0 Å². The normalized spacial score (nSPS) is 17.7. The number of hydrogen-bond acceptors (Lipinski definition) is 5. The Hall–Kier alpha value is -1.08. The molecule has 1 amide bonds. The van der Waals surface area contributed by atoms with E-state index in [1.807, 2.05) is 13.2 Å². The summed E-state index contributed by atoms with van der Waals surface area (Å²) in [7, 11) is 0. The van der Waals surface area contributed by atoms with Crippen molar-refractivity contribution >= 4 is 17.7 Å². The topological polar surface area (TPSA) is 85.8 Å². The van der Waals surface area contributed by atoms with Gasteiger partial charge in [0, 0.05) is 13.0 Å². The molecule has 1 aliphatic heterocycles. The van der Waals surface area contributed by atoms with E-state index >= 15 is 0 Å². The zero-order valence-electron chi connectivity index (χ0n) is 12.8. The first-order valence-corrected chi connectivity index (χ1v) is 8.99. The lowest BCUT2D eigenvalue weighted by Crippen LogP contribution is -2.42. The number of fused-ring (bicyclic) bond motifs is 1. The summed E-state index contributed by atoms with van der Waals surface area (Å²) in [6.45, 7) is 2.89. The van der Waals surface area contributed by atoms with Gasteiger partial charge in [-0.3, -0.25) is 4.79 Å². The first kappa shape index (κ1) is 16.3. The van der Waals surface area contributed by atoms with Gasteiger partial charge < -0.3 is 15.6 Å². The highest BCUT2D eigenvalue weighted by Gasteiger charge is 2.22. The first-order valence-electron chi connectivity index (χ1n) is 7.60. The fourth-order valence-electron chi connectivity index (χ4n) is 2.59. The Morgan fingerprint density at radius 1 is 1.43 bits per heavy atom. The smallest absolute Gasteiger partial charge is 0.237 e. The molecule has 3 N–H and O–H groups in total. The van der Waals surface area contributed by atoms with Crippen LogP contribution in [0.2, 0.25) is 0 Å². The van der Waals surface area contributed by atoms with Gasteiger partial charge in [-0.05, 0) is 38.2 Å². The zero-order chi connectivity index (χ0) is 15.2. The molecular formula is C14H25N5OS. The van der Waals surface area contributed by atoms with Crippen molar-refractivity contribution in [3.63, 3.8) is 0 Å². The maximum Gasteiger partial charge on any atom is 0.237 e. The number of nitrogens with one attached hydrogen (secondary N) is 1. The van der Waals surface area contributed by atoms with Gasteiger partial charge in [0.1, 0.15) is 5.82 Å². The Morgan fingerprint density at radius 3 is 3.00 bits per heavy atom. The van der Waals surface area contributed by atoms with E-state index in [4.69, 9.17) is 5.73 Å². The van der Waals surface area contributed by atoms with Crippen molar-refractivity contribution in [2.24, 2.45) is 5.73 Å². The molecule has 0 saturated heterocycles. The molecular weight excluding hydrogens is 286 g/mol. The lowest BCUT2D eigenvalue weighted by Gasteiger charge is -2.18. The third kappa shape index (κ3) is 4.20. The van der Waals surface area contributed by atoms with Gasteiger partial charge in [0.15, 0.2) is 5.82 Å². The number of nitrogens with two attached hydrogens (primary N) is 1. The van der Waals surface area contributed by atoms with Crippen molar-refractivity contribution in [3.8, 4) is 0 Å². The quantitative estimate of drug-likeness (QED) is 0.826. The van der Waals surface area contributed by atoms with E-state index in [-0.39, 0.29) is 11.9 Å². The summed E-state index contributed by atoms with van der Waals surface area (Å²) in [4.78, 5) is 12.1. The minimum Gasteiger partial charge on any atom is -0.345 e. The molecule has 6 nitrogen and oxygen atoms in total. The lowest BCUT2D eigenvalue weighted by atomic mass is 10.2. The molecule has 7 heteroatoms. The average Bonchev–Trinajstić information content (AvgIpc) is 2.73. The van der Waals surface area contributed by atoms with Gasteiger partial charge in [-0.15, -0.1) is 10.2 Å². The number of carbonyl (C=O) groups is 1. The summed E-state index contributed by atoms with van der Waals surface area (Å²) in [6.07, 6.45) is 7.21. The van der Waals surface area contributed by atoms with Crippen LogP contribution in [0.1, 0.15) is 50.3 Å². The Kier molecular flexibility index (Phi) is 6.05. The van der Waals surface area contributed by atoms with Crippen LogP contribution in [-0.4, -0.2) is 38.7 Å². The Balaban J connectivity index is 1.98. The molecule has 1 aliphatic rings. The maximum absolute atomic E-state index is 12.1. The molecule has 0 aliphatic carbocycles. The lowest BCUT2D eigenvalue weighted by molar-refractivity contribution is -0.123. The number of nitrogens with zero attached hydrogens (tertiary/aromatic N) is 3. The van der Waals surface area contributed by atoms with Crippen LogP contribution < -0.4 is 11.1 Å². The van der Waals surface area contributed by atoms with E-state index in [0.29, 0.717) is 6.42 Å². The summed E-state index contributed by atoms with van der Waals surface area (Å²) in [5.74, 6) is 2.67. The summed E-state index contributed by atoms with van der Waals surface area (Å²) in [5, 5.41) is 11.5. The monoisotopic (exact) mass is 311 g/mol. The van der Waals surface area contributed by atoms with Crippen molar-refractivity contribution < 1.29 is 4.79 Å². The van der Waals surface area contributed by atoms with Crippen molar-refractivity contribution in [1.29, 1.82) is 0 Å². The van der Waals surface area contributed by atoms with E-state index in [2.05, 4.69) is 20.1 Å². The van der Waals surface area contributed by atoms with E-state index in [9.17, 15) is 4.79 Å². The van der Waals surface area contributed by atoms with Crippen LogP contribution in [0.15, 0.2) is 0 Å². The molecule has 21 heavy (non-hydrogen) atoms. The molecule has 2 atom stereocenters. The van der Waals surface area contributed by atoms with Crippen LogP contribution in [0.5, 0.6) is 0 Å². The second-order valence-electron chi connectivity index (χ2n) is 5.55. The molecule has 0 radical (unpaired) electrons. The number of carbonyl (C=O) groups excluding carboxylic acids is 1. The molecule has 1 unspecified atom stereocenters. The summed E-state index contributed by atoms with van der Waals surface area (Å²) >= 11 is 1.70. The third-order valence-electron chi connectivity index (χ3n) is 3.85. The fourth-order valence-corrected chi connectivity index (χ4v) is 3.08. The van der Waals surface area contributed by atoms with Crippen molar-refractivity contribution in [3.05, 3.63) is 11.6 Å². The van der Waals surface area contributed by atoms with Crippen molar-refractivity contribution in [1.82, 2.24) is 20.1 Å². The minimum absolute atomic E-state index is 0.109. The van der Waals surface area contributed by atoms with Crippen LogP contribution in [0.4, 0.5) is 0 Å². The second kappa shape index (κ2) is 7.79. The summed E-state index contributed by atoms with van der Waals surface area (Å²) in [5.41, 5.74) is 5.90. The van der Waals surface area contributed by atoms with E-state index in [1.54, 1.807) is 11.8 Å². The number of amides is 1. The predicted molar refractivity (Wildman–Crippen MR) is 85.1 cm³/mol. The molecule has 118 valence electrons. The van der Waals surface area contributed by atoms with Crippen molar-refractivity contribution in [2.75, 3.05) is 12.0 Å². The highest BCUT2D eigenvalue weighted by atomic mass is 32.2. The summed E-state index contributed by atoms with van der Waals surface area (Å²) < 4.78 is 2.16. The SMILES string of the molecule is CSCC[C@@H](N)C(=O)NC(C)c1nnc2n1CCCCC2. The van der Waals surface area contributed by atoms with Gasteiger partial charge in [-0.25, -0.2) is 0 Å². The minimum atomic E-state index is -0.452. The Bertz CT molecular complexity index is 476. The molecule has 1 aromatic rings. The van der Waals surface area contributed by atoms with Gasteiger partial charge in [-0.1, -0.05) is 6.42 Å². The first-order chi connectivity index (χ1) is 10.1. The van der Waals surface area contributed by atoms with Gasteiger partial charge in [0.25, 0.3) is 0 Å². The molecule has 0 spiro atoms. The number of aromatic nitrogens is 3. The maximum atomic E-state index is 12.1. The highest BCUT2D eigenvalue weighted by Crippen LogP contribution is 2.18. The van der Waals surface area contributed by atoms with Crippen LogP contribution >= 0.6 is 11.8 Å². The molecule has 0 saturated carbocycles. The van der Waals surface area contributed by atoms with Gasteiger partial charge in [-0.2, -0.15) is 11.8 Å². The van der Waals surface area contributed by atoms with E-state index in [0.717, 1.165) is 36.8 Å². The Labute approximate surface area is 130 Å². The molecule has 0 aromatic carbocycles. The number of rotatable bonds is 6. The van der Waals surface area contributed by atoms with Crippen LogP contribution in [-0.2, 0) is 17.8 Å². The largest absolute Gasteiger partial charge is 0.345 e. The predicted octanol–water partition coefficient (Wildman–Crippen LogP) is 1.26. The summed E-state index contributed by atoms with van der Waals surface area (Å²) in [6, 6.07) is -0.608. The van der Waals surface area contributed by atoms with E-state index in [1.165, 1.54) is 12.8 Å². The molecule has 2 heterocycles. The molecule has 2 rings (SSSR count). The molecule has 1 aromatic heterocycles. The van der Waals surface area contributed by atoms with Gasteiger partial charge in [0.2, 0.25) is 5.91 Å². The number of hydrogen-bond donors (Lipinski definition) is 2. The van der Waals surface area contributed by atoms with Crippen molar-refractivity contribution in [2.45, 2.75) is 57.7 Å². The number of aryl methyl sites for hydroxylation is 1. The van der Waals surface area contributed by atoms with Gasteiger partial charge in [0.05, 0.1) is 12.1 Å². The third-order valence-corrected chi connectivity index (χ3v) is 4.50. The van der Waals surface area contributed by atoms with E-state index < -0.39 is 6.04 Å². The van der Waals surface area contributed by atoms with Gasteiger partial charge >= 0.3 is 0 Å². The average molecular weight is 311 g/mol. The fraction of sp³-hybridized carbons (Fsp3) is 0.786. The standard InChI is InChI=1S/C14H25N5OS/c1-10(16-14(20)11(15)7-9-21-2)13-18-17-12-6-4-3-5-8-19(12)13/h10-11H,3-9,15H2,1-2H3,(H,16,20)/t10?,11-/m1/s1.